The van der Waals surface area contributed by atoms with E-state index in [-0.39, 0.29) is 12.6 Å². The molecule has 1 aromatic carbocycles. The average molecular weight is 249 g/mol. The molecule has 1 N–H and O–H groups in total. The van der Waals surface area contributed by atoms with Crippen LogP contribution in [-0.2, 0) is 4.79 Å². The highest BCUT2D eigenvalue weighted by Crippen LogP contribution is 2.27. The number of likely N-dealkylation sites (N-methyl/N-ethyl adjacent to an activating group) is 1. The second-order valence-electron chi connectivity index (χ2n) is 4.95. The van der Waals surface area contributed by atoms with Crippen LogP contribution in [0.4, 0.5) is 0 Å². The summed E-state index contributed by atoms with van der Waals surface area (Å²) in [5, 5.41) is 8.95. The Morgan fingerprint density at radius 2 is 1.78 bits per heavy atom. The zero-order valence-electron chi connectivity index (χ0n) is 11.9. The molecule has 0 bridgehead atoms. The fourth-order valence-electron chi connectivity index (χ4n) is 2.73. The number of aliphatic carboxylic acids is 1. The van der Waals surface area contributed by atoms with Crippen LogP contribution in [0, 0.1) is 20.8 Å². The van der Waals surface area contributed by atoms with E-state index in [1.54, 1.807) is 0 Å². The molecule has 0 aromatic heterocycles. The molecular weight excluding hydrogens is 226 g/mol. The Balaban J connectivity index is 3.08. The summed E-state index contributed by atoms with van der Waals surface area (Å²) in [6.07, 6.45) is 0. The van der Waals surface area contributed by atoms with Crippen LogP contribution in [0.1, 0.15) is 42.1 Å². The second-order valence-corrected chi connectivity index (χ2v) is 4.95. The van der Waals surface area contributed by atoms with Crippen LogP contribution in [0.25, 0.3) is 0 Å². The second kappa shape index (κ2) is 6.01. The van der Waals surface area contributed by atoms with Gasteiger partial charge >= 0.3 is 5.97 Å². The maximum absolute atomic E-state index is 10.9. The van der Waals surface area contributed by atoms with Gasteiger partial charge in [-0.1, -0.05) is 24.6 Å². The van der Waals surface area contributed by atoms with Crippen LogP contribution in [-0.4, -0.2) is 29.1 Å². The molecule has 18 heavy (non-hydrogen) atoms. The summed E-state index contributed by atoms with van der Waals surface area (Å²) in [5.41, 5.74) is 4.98. The van der Waals surface area contributed by atoms with Gasteiger partial charge in [0.15, 0.2) is 0 Å². The molecule has 0 amide bonds. The predicted molar refractivity (Wildman–Crippen MR) is 74.0 cm³/mol. The van der Waals surface area contributed by atoms with E-state index in [1.807, 2.05) is 11.8 Å². The van der Waals surface area contributed by atoms with Gasteiger partial charge in [0.05, 0.1) is 6.54 Å². The number of carbonyl (C=O) groups is 1. The first-order valence-corrected chi connectivity index (χ1v) is 6.40. The average Bonchev–Trinajstić information content (AvgIpc) is 2.23. The fraction of sp³-hybridized carbons (Fsp3) is 0.533. The molecule has 0 heterocycles. The Morgan fingerprint density at radius 3 is 2.17 bits per heavy atom. The molecule has 0 saturated carbocycles. The van der Waals surface area contributed by atoms with Gasteiger partial charge in [-0.2, -0.15) is 0 Å². The third kappa shape index (κ3) is 3.33. The van der Waals surface area contributed by atoms with Crippen molar-refractivity contribution in [1.29, 1.82) is 0 Å². The standard InChI is InChI=1S/C15H23NO2/c1-6-16(9-14(17)18)13(5)15-11(3)7-10(2)8-12(15)4/h7-8,13H,6,9H2,1-5H3,(H,17,18). The Labute approximate surface area is 109 Å². The zero-order valence-corrected chi connectivity index (χ0v) is 11.9. The number of aryl methyl sites for hydroxylation is 3. The molecule has 0 spiro atoms. The summed E-state index contributed by atoms with van der Waals surface area (Å²) in [5.74, 6) is -0.772. The lowest BCUT2D eigenvalue weighted by Crippen LogP contribution is -2.32. The number of hydrogen-bond donors (Lipinski definition) is 1. The molecule has 0 aliphatic rings. The maximum atomic E-state index is 10.9. The van der Waals surface area contributed by atoms with E-state index in [0.29, 0.717) is 0 Å². The van der Waals surface area contributed by atoms with Gasteiger partial charge in [0.2, 0.25) is 0 Å². The summed E-state index contributed by atoms with van der Waals surface area (Å²) in [6.45, 7) is 11.2. The smallest absolute Gasteiger partial charge is 0.317 e. The van der Waals surface area contributed by atoms with Gasteiger partial charge in [-0.25, -0.2) is 0 Å². The van der Waals surface area contributed by atoms with Crippen molar-refractivity contribution in [3.63, 3.8) is 0 Å². The van der Waals surface area contributed by atoms with Gasteiger partial charge in [-0.05, 0) is 50.9 Å². The largest absolute Gasteiger partial charge is 0.480 e. The van der Waals surface area contributed by atoms with Crippen LogP contribution in [0.15, 0.2) is 12.1 Å². The normalized spacial score (nSPS) is 12.8. The van der Waals surface area contributed by atoms with E-state index in [9.17, 15) is 4.79 Å². The SMILES string of the molecule is CCN(CC(=O)O)C(C)c1c(C)cc(C)cc1C. The van der Waals surface area contributed by atoms with E-state index in [0.717, 1.165) is 6.54 Å². The third-order valence-electron chi connectivity index (χ3n) is 3.45. The van der Waals surface area contributed by atoms with Crippen molar-refractivity contribution in [1.82, 2.24) is 4.90 Å². The molecule has 3 heteroatoms. The van der Waals surface area contributed by atoms with E-state index in [2.05, 4.69) is 39.8 Å². The van der Waals surface area contributed by atoms with Crippen molar-refractivity contribution in [3.8, 4) is 0 Å². The highest BCUT2D eigenvalue weighted by molar-refractivity contribution is 5.69. The van der Waals surface area contributed by atoms with E-state index >= 15 is 0 Å². The Kier molecular flexibility index (Phi) is 4.91. The summed E-state index contributed by atoms with van der Waals surface area (Å²) >= 11 is 0. The molecule has 0 aliphatic heterocycles. The lowest BCUT2D eigenvalue weighted by atomic mass is 9.94. The minimum atomic E-state index is -0.772. The van der Waals surface area contributed by atoms with Crippen LogP contribution >= 0.6 is 0 Å². The first-order valence-electron chi connectivity index (χ1n) is 6.40. The van der Waals surface area contributed by atoms with Crippen molar-refractivity contribution in [2.24, 2.45) is 0 Å². The number of hydrogen-bond acceptors (Lipinski definition) is 2. The molecular formula is C15H23NO2. The molecule has 0 saturated heterocycles. The van der Waals surface area contributed by atoms with Gasteiger partial charge in [-0.3, -0.25) is 9.69 Å². The molecule has 0 aliphatic carbocycles. The molecule has 1 rings (SSSR count). The van der Waals surface area contributed by atoms with Crippen molar-refractivity contribution < 1.29 is 9.90 Å². The van der Waals surface area contributed by atoms with Gasteiger partial charge in [0.1, 0.15) is 0 Å². The van der Waals surface area contributed by atoms with Crippen molar-refractivity contribution in [2.75, 3.05) is 13.1 Å². The Hall–Kier alpha value is -1.35. The topological polar surface area (TPSA) is 40.5 Å². The highest BCUT2D eigenvalue weighted by atomic mass is 16.4. The quantitative estimate of drug-likeness (QED) is 0.871. The summed E-state index contributed by atoms with van der Waals surface area (Å²) in [6, 6.07) is 4.45. The van der Waals surface area contributed by atoms with Crippen molar-refractivity contribution >= 4 is 5.97 Å². The Bertz CT molecular complexity index is 417. The molecule has 1 atom stereocenters. The van der Waals surface area contributed by atoms with Crippen LogP contribution in [0.5, 0.6) is 0 Å². The molecule has 1 aromatic rings. The predicted octanol–water partition coefficient (Wildman–Crippen LogP) is 3.08. The van der Waals surface area contributed by atoms with E-state index < -0.39 is 5.97 Å². The summed E-state index contributed by atoms with van der Waals surface area (Å²) in [7, 11) is 0. The molecule has 3 nitrogen and oxygen atoms in total. The minimum Gasteiger partial charge on any atom is -0.480 e. The molecule has 1 unspecified atom stereocenters. The minimum absolute atomic E-state index is 0.0877. The summed E-state index contributed by atoms with van der Waals surface area (Å²) < 4.78 is 0. The highest BCUT2D eigenvalue weighted by Gasteiger charge is 2.20. The zero-order chi connectivity index (χ0) is 13.9. The number of nitrogens with zero attached hydrogens (tertiary/aromatic N) is 1. The molecule has 100 valence electrons. The number of carboxylic acids is 1. The maximum Gasteiger partial charge on any atom is 0.317 e. The lowest BCUT2D eigenvalue weighted by Gasteiger charge is -2.29. The van der Waals surface area contributed by atoms with Crippen LogP contribution < -0.4 is 0 Å². The van der Waals surface area contributed by atoms with E-state index in [4.69, 9.17) is 5.11 Å². The van der Waals surface area contributed by atoms with Gasteiger partial charge < -0.3 is 5.11 Å². The fourth-order valence-corrected chi connectivity index (χ4v) is 2.73. The van der Waals surface area contributed by atoms with Crippen LogP contribution in [0.2, 0.25) is 0 Å². The monoisotopic (exact) mass is 249 g/mol. The first-order chi connectivity index (χ1) is 8.36. The van der Waals surface area contributed by atoms with Crippen molar-refractivity contribution in [2.45, 2.75) is 40.7 Å². The third-order valence-corrected chi connectivity index (χ3v) is 3.45. The van der Waals surface area contributed by atoms with Crippen LogP contribution in [0.3, 0.4) is 0 Å². The lowest BCUT2D eigenvalue weighted by molar-refractivity contribution is -0.138. The van der Waals surface area contributed by atoms with Gasteiger partial charge in [0, 0.05) is 6.04 Å². The molecule has 0 radical (unpaired) electrons. The summed E-state index contributed by atoms with van der Waals surface area (Å²) in [4.78, 5) is 12.9. The van der Waals surface area contributed by atoms with E-state index in [1.165, 1.54) is 22.3 Å². The van der Waals surface area contributed by atoms with Gasteiger partial charge in [0.25, 0.3) is 0 Å². The first kappa shape index (κ1) is 14.7. The van der Waals surface area contributed by atoms with Crippen molar-refractivity contribution in [3.05, 3.63) is 34.4 Å². The molecule has 0 fully saturated rings. The Morgan fingerprint density at radius 1 is 1.28 bits per heavy atom. The van der Waals surface area contributed by atoms with Gasteiger partial charge in [-0.15, -0.1) is 0 Å². The number of benzene rings is 1. The number of rotatable bonds is 5. The number of carboxylic acid groups (broad SMARTS) is 1.